The van der Waals surface area contributed by atoms with E-state index >= 15 is 0 Å². The number of methoxy groups -OCH3 is 1. The molecule has 7 heteroatoms. The van der Waals surface area contributed by atoms with E-state index in [9.17, 15) is 0 Å². The molecule has 4 aromatic carbocycles. The Morgan fingerprint density at radius 2 is 1.65 bits per heavy atom. The van der Waals surface area contributed by atoms with E-state index in [0.29, 0.717) is 28.9 Å². The summed E-state index contributed by atoms with van der Waals surface area (Å²) < 4.78 is 19.6. The van der Waals surface area contributed by atoms with Crippen molar-refractivity contribution in [3.63, 3.8) is 0 Å². The van der Waals surface area contributed by atoms with Crippen molar-refractivity contribution < 1.29 is 14.2 Å². The lowest BCUT2D eigenvalue weighted by Gasteiger charge is -2.28. The quantitative estimate of drug-likeness (QED) is 0.291. The average Bonchev–Trinajstić information content (AvgIpc) is 3.39. The van der Waals surface area contributed by atoms with E-state index in [1.54, 1.807) is 18.0 Å². The number of hydrogen-bond acceptors (Lipinski definition) is 6. The molecule has 0 radical (unpaired) electrons. The third kappa shape index (κ3) is 3.55. The summed E-state index contributed by atoms with van der Waals surface area (Å²) in [6.45, 7) is 0.189. The maximum atomic E-state index is 6.48. The van der Waals surface area contributed by atoms with Gasteiger partial charge in [-0.05, 0) is 23.1 Å². The van der Waals surface area contributed by atoms with Crippen molar-refractivity contribution >= 4 is 16.4 Å². The molecule has 1 aliphatic rings. The van der Waals surface area contributed by atoms with Crippen molar-refractivity contribution in [2.75, 3.05) is 7.11 Å². The molecule has 0 fully saturated rings. The molecule has 2 aromatic heterocycles. The Morgan fingerprint density at radius 3 is 2.51 bits per heavy atom. The number of nitrogens with zero attached hydrogens (tertiary/aromatic N) is 4. The average molecular weight is 487 g/mol. The zero-order valence-electron chi connectivity index (χ0n) is 20.0. The lowest BCUT2D eigenvalue weighted by atomic mass is 9.83. The Labute approximate surface area is 212 Å². The van der Waals surface area contributed by atoms with Gasteiger partial charge in [0.1, 0.15) is 18.7 Å². The molecule has 0 bridgehead atoms. The Hall–Kier alpha value is -4.91. The molecule has 0 amide bonds. The van der Waals surface area contributed by atoms with Crippen LogP contribution in [0.15, 0.2) is 97.3 Å². The van der Waals surface area contributed by atoms with Crippen LogP contribution in [0.1, 0.15) is 28.4 Å². The summed E-state index contributed by atoms with van der Waals surface area (Å²) in [5, 5.41) is 6.82. The van der Waals surface area contributed by atoms with Gasteiger partial charge < -0.3 is 14.2 Å². The van der Waals surface area contributed by atoms with E-state index in [1.807, 2.05) is 42.5 Å². The molecule has 3 heterocycles. The first-order chi connectivity index (χ1) is 18.3. The minimum Gasteiger partial charge on any atom is -0.493 e. The summed E-state index contributed by atoms with van der Waals surface area (Å²) in [6.07, 6.45) is 1.64. The van der Waals surface area contributed by atoms with E-state index in [0.717, 1.165) is 33.2 Å². The SMILES string of the molecule is COc1ccccc1OCc1nc2c3c(ncn2n1)Oc1c(ccc2ccccc12)C3c1ccccc1. The molecule has 6 aromatic rings. The van der Waals surface area contributed by atoms with Gasteiger partial charge in [-0.2, -0.15) is 0 Å². The van der Waals surface area contributed by atoms with Gasteiger partial charge in [0.25, 0.3) is 0 Å². The summed E-state index contributed by atoms with van der Waals surface area (Å²) in [5.74, 6) is 3.08. The lowest BCUT2D eigenvalue weighted by Crippen LogP contribution is -2.15. The molecule has 7 rings (SSSR count). The molecular weight excluding hydrogens is 464 g/mol. The van der Waals surface area contributed by atoms with E-state index < -0.39 is 0 Å². The second kappa shape index (κ2) is 8.64. The van der Waals surface area contributed by atoms with Crippen molar-refractivity contribution in [2.24, 2.45) is 0 Å². The van der Waals surface area contributed by atoms with Crippen molar-refractivity contribution in [1.29, 1.82) is 0 Å². The number of benzene rings is 4. The number of hydrogen-bond donors (Lipinski definition) is 0. The van der Waals surface area contributed by atoms with E-state index in [-0.39, 0.29) is 12.5 Å². The molecule has 0 saturated heterocycles. The molecule has 1 atom stereocenters. The van der Waals surface area contributed by atoms with Crippen LogP contribution < -0.4 is 14.2 Å². The van der Waals surface area contributed by atoms with Crippen molar-refractivity contribution in [3.05, 3.63) is 120 Å². The smallest absolute Gasteiger partial charge is 0.228 e. The molecule has 0 aliphatic carbocycles. The van der Waals surface area contributed by atoms with Crippen LogP contribution >= 0.6 is 0 Å². The van der Waals surface area contributed by atoms with Crippen LogP contribution in [0, 0.1) is 0 Å². The van der Waals surface area contributed by atoms with Gasteiger partial charge in [-0.3, -0.25) is 0 Å². The Morgan fingerprint density at radius 1 is 0.865 bits per heavy atom. The first-order valence-corrected chi connectivity index (χ1v) is 12.0. The predicted molar refractivity (Wildman–Crippen MR) is 140 cm³/mol. The van der Waals surface area contributed by atoms with Crippen LogP contribution in [0.3, 0.4) is 0 Å². The summed E-state index contributed by atoms with van der Waals surface area (Å²) in [5.41, 5.74) is 3.78. The van der Waals surface area contributed by atoms with Crippen LogP contribution in [0.2, 0.25) is 0 Å². The number of ether oxygens (including phenoxy) is 3. The Bertz CT molecular complexity index is 1760. The first kappa shape index (κ1) is 21.4. The van der Waals surface area contributed by atoms with Gasteiger partial charge in [-0.15, -0.1) is 5.10 Å². The second-order valence-electron chi connectivity index (χ2n) is 8.85. The highest BCUT2D eigenvalue weighted by molar-refractivity contribution is 5.91. The Balaban J connectivity index is 1.36. The largest absolute Gasteiger partial charge is 0.493 e. The fourth-order valence-electron chi connectivity index (χ4n) is 5.02. The highest BCUT2D eigenvalue weighted by atomic mass is 16.5. The predicted octanol–water partition coefficient (Wildman–Crippen LogP) is 6.15. The Kier molecular flexibility index (Phi) is 4.99. The molecule has 0 spiro atoms. The van der Waals surface area contributed by atoms with E-state index in [2.05, 4.69) is 58.6 Å². The maximum Gasteiger partial charge on any atom is 0.228 e. The van der Waals surface area contributed by atoms with Crippen LogP contribution in [0.5, 0.6) is 23.1 Å². The zero-order valence-corrected chi connectivity index (χ0v) is 20.0. The second-order valence-corrected chi connectivity index (χ2v) is 8.85. The number of fused-ring (bicyclic) bond motifs is 6. The molecular formula is C30H22N4O3. The summed E-state index contributed by atoms with van der Waals surface area (Å²) in [7, 11) is 1.62. The van der Waals surface area contributed by atoms with Gasteiger partial charge in [-0.1, -0.05) is 78.9 Å². The van der Waals surface area contributed by atoms with Crippen molar-refractivity contribution in [3.8, 4) is 23.1 Å². The zero-order chi connectivity index (χ0) is 24.8. The standard InChI is InChI=1S/C30H22N4O3/c1-35-23-13-7-8-14-24(23)36-17-25-32-29-27-26(20-10-3-2-4-11-20)22-16-15-19-9-5-6-12-21(19)28(22)37-30(27)31-18-34(29)33-25/h2-16,18,26H,17H2,1H3. The van der Waals surface area contributed by atoms with Gasteiger partial charge in [0, 0.05) is 16.9 Å². The van der Waals surface area contributed by atoms with Crippen LogP contribution in [0.25, 0.3) is 16.4 Å². The summed E-state index contributed by atoms with van der Waals surface area (Å²) in [6, 6.07) is 30.4. The molecule has 37 heavy (non-hydrogen) atoms. The maximum absolute atomic E-state index is 6.48. The van der Waals surface area contributed by atoms with Crippen LogP contribution in [0.4, 0.5) is 0 Å². The fourth-order valence-corrected chi connectivity index (χ4v) is 5.02. The van der Waals surface area contributed by atoms with Gasteiger partial charge in [0.15, 0.2) is 23.0 Å². The van der Waals surface area contributed by atoms with E-state index in [4.69, 9.17) is 19.2 Å². The molecule has 7 nitrogen and oxygen atoms in total. The normalized spacial score (nSPS) is 14.1. The van der Waals surface area contributed by atoms with Gasteiger partial charge in [0.2, 0.25) is 5.88 Å². The molecule has 180 valence electrons. The fraction of sp³-hybridized carbons (Fsp3) is 0.100. The third-order valence-corrected chi connectivity index (χ3v) is 6.70. The highest BCUT2D eigenvalue weighted by Crippen LogP contribution is 2.50. The summed E-state index contributed by atoms with van der Waals surface area (Å²) in [4.78, 5) is 9.54. The minimum absolute atomic E-state index is 0.118. The molecule has 1 unspecified atom stereocenters. The van der Waals surface area contributed by atoms with Crippen LogP contribution in [-0.4, -0.2) is 26.7 Å². The number of aromatic nitrogens is 4. The molecule has 0 saturated carbocycles. The number of rotatable bonds is 5. The molecule has 0 N–H and O–H groups in total. The number of para-hydroxylation sites is 2. The van der Waals surface area contributed by atoms with Gasteiger partial charge in [-0.25, -0.2) is 14.5 Å². The van der Waals surface area contributed by atoms with Crippen molar-refractivity contribution in [2.45, 2.75) is 12.5 Å². The highest BCUT2D eigenvalue weighted by Gasteiger charge is 2.34. The lowest BCUT2D eigenvalue weighted by molar-refractivity contribution is 0.276. The third-order valence-electron chi connectivity index (χ3n) is 6.70. The monoisotopic (exact) mass is 486 g/mol. The topological polar surface area (TPSA) is 70.8 Å². The van der Waals surface area contributed by atoms with Gasteiger partial charge >= 0.3 is 0 Å². The van der Waals surface area contributed by atoms with Gasteiger partial charge in [0.05, 0.1) is 12.7 Å². The summed E-state index contributed by atoms with van der Waals surface area (Å²) >= 11 is 0. The first-order valence-electron chi connectivity index (χ1n) is 12.0. The van der Waals surface area contributed by atoms with Crippen LogP contribution in [-0.2, 0) is 6.61 Å². The van der Waals surface area contributed by atoms with E-state index in [1.165, 1.54) is 0 Å². The molecule has 1 aliphatic heterocycles. The van der Waals surface area contributed by atoms with Crippen molar-refractivity contribution in [1.82, 2.24) is 19.6 Å². The minimum atomic E-state index is -0.118.